The highest BCUT2D eigenvalue weighted by Crippen LogP contribution is 2.39. The Hall–Kier alpha value is -2.24. The van der Waals surface area contributed by atoms with Crippen molar-refractivity contribution in [3.05, 3.63) is 59.3 Å². The van der Waals surface area contributed by atoms with Gasteiger partial charge in [-0.3, -0.25) is 0 Å². The summed E-state index contributed by atoms with van der Waals surface area (Å²) in [5.41, 5.74) is 4.27. The quantitative estimate of drug-likeness (QED) is 0.782. The summed E-state index contributed by atoms with van der Waals surface area (Å²) in [6.45, 7) is 5.98. The molecule has 0 aliphatic rings. The van der Waals surface area contributed by atoms with Gasteiger partial charge in [-0.25, -0.2) is 0 Å². The zero-order valence-electron chi connectivity index (χ0n) is 14.4. The largest absolute Gasteiger partial charge is 0.548 e. The number of benzene rings is 2. The second-order valence-electron chi connectivity index (χ2n) is 5.76. The van der Waals surface area contributed by atoms with Gasteiger partial charge in [-0.05, 0) is 44.5 Å². The fourth-order valence-corrected chi connectivity index (χ4v) is 3.93. The summed E-state index contributed by atoms with van der Waals surface area (Å²) < 4.78 is 1.82. The van der Waals surface area contributed by atoms with Crippen LogP contribution in [0, 0.1) is 20.8 Å². The molecule has 2 aromatic carbocycles. The van der Waals surface area contributed by atoms with E-state index >= 15 is 0 Å². The third kappa shape index (κ3) is 3.32. The third-order valence-corrected chi connectivity index (χ3v) is 5.41. The summed E-state index contributed by atoms with van der Waals surface area (Å²) in [6.07, 6.45) is 0. The van der Waals surface area contributed by atoms with Crippen LogP contribution in [0.4, 0.5) is 0 Å². The Morgan fingerprint density at radius 1 is 1.12 bits per heavy atom. The van der Waals surface area contributed by atoms with Crippen LogP contribution in [0.5, 0.6) is 0 Å². The lowest BCUT2D eigenvalue weighted by molar-refractivity contribution is -0.306. The van der Waals surface area contributed by atoms with Crippen molar-refractivity contribution in [2.45, 2.75) is 37.1 Å². The number of aliphatic carboxylic acids is 1. The second-order valence-corrected chi connectivity index (χ2v) is 6.81. The summed E-state index contributed by atoms with van der Waals surface area (Å²) in [7, 11) is 0. The molecule has 3 rings (SSSR count). The number of carboxylic acid groups (broad SMARTS) is 1. The molecule has 1 heterocycles. The maximum Gasteiger partial charge on any atom is 0.0624 e. The molecule has 0 spiro atoms. The first kappa shape index (κ1) is 18.1. The minimum absolute atomic E-state index is 0. The van der Waals surface area contributed by atoms with Gasteiger partial charge in [-0.15, -0.1) is 0 Å². The minimum atomic E-state index is -1.07. The number of rotatable bonds is 4. The molecule has 0 saturated carbocycles. The molecule has 4 nitrogen and oxygen atoms in total. The maximum absolute atomic E-state index is 11.1. The van der Waals surface area contributed by atoms with Crippen LogP contribution in [0.25, 0.3) is 10.9 Å². The van der Waals surface area contributed by atoms with Gasteiger partial charge >= 0.3 is 0 Å². The van der Waals surface area contributed by atoms with Crippen LogP contribution in [0.3, 0.4) is 0 Å². The van der Waals surface area contributed by atoms with Gasteiger partial charge in [0.2, 0.25) is 0 Å². The van der Waals surface area contributed by atoms with Gasteiger partial charge in [0.25, 0.3) is 0 Å². The number of aryl methyl sites for hydroxylation is 2. The molecule has 0 aliphatic heterocycles. The lowest BCUT2D eigenvalue weighted by Crippen LogP contribution is -2.27. The van der Waals surface area contributed by atoms with E-state index in [1.54, 1.807) is 11.8 Å². The smallest absolute Gasteiger partial charge is 0.0624 e. The normalized spacial score (nSPS) is 10.6. The van der Waals surface area contributed by atoms with Gasteiger partial charge in [0.05, 0.1) is 12.5 Å². The van der Waals surface area contributed by atoms with Crippen LogP contribution < -0.4 is 11.3 Å². The van der Waals surface area contributed by atoms with Gasteiger partial charge in [0.1, 0.15) is 0 Å². The average Bonchev–Trinajstić information content (AvgIpc) is 2.74. The number of fused-ring (bicyclic) bond motifs is 1. The summed E-state index contributed by atoms with van der Waals surface area (Å²) >= 11 is 1.69. The number of carbonyl (C=O) groups excluding carboxylic acids is 1. The molecule has 5 heteroatoms. The van der Waals surface area contributed by atoms with E-state index < -0.39 is 5.97 Å². The topological polar surface area (TPSA) is 81.6 Å². The predicted molar refractivity (Wildman–Crippen MR) is 97.7 cm³/mol. The van der Waals surface area contributed by atoms with E-state index in [4.69, 9.17) is 0 Å². The predicted octanol–water partition coefficient (Wildman–Crippen LogP) is 3.84. The summed E-state index contributed by atoms with van der Waals surface area (Å²) in [5, 5.41) is 12.2. The zero-order chi connectivity index (χ0) is 16.6. The van der Waals surface area contributed by atoms with E-state index in [-0.39, 0.29) is 12.7 Å². The monoisotopic (exact) mass is 342 g/mol. The molecule has 0 amide bonds. The summed E-state index contributed by atoms with van der Waals surface area (Å²) in [6, 6.07) is 14.3. The average molecular weight is 342 g/mol. The summed E-state index contributed by atoms with van der Waals surface area (Å²) in [5.74, 6) is -1.07. The number of hydrogen-bond acceptors (Lipinski definition) is 3. The molecule has 3 aromatic rings. The van der Waals surface area contributed by atoms with Crippen LogP contribution in [-0.2, 0) is 11.3 Å². The SMILES string of the molecule is Cc1ccc2c(c1)c(Sc1ccccc1C)c(C)n2CC(=O)[O-].[NH4+]. The Morgan fingerprint density at radius 3 is 2.50 bits per heavy atom. The molecule has 4 N–H and O–H groups in total. The molecule has 0 aliphatic carbocycles. The van der Waals surface area contributed by atoms with Gasteiger partial charge in [0.15, 0.2) is 0 Å². The first-order valence-corrected chi connectivity index (χ1v) is 8.32. The van der Waals surface area contributed by atoms with Crippen LogP contribution in [-0.4, -0.2) is 10.5 Å². The zero-order valence-corrected chi connectivity index (χ0v) is 15.2. The molecular weight excluding hydrogens is 320 g/mol. The van der Waals surface area contributed by atoms with Crippen LogP contribution in [0.2, 0.25) is 0 Å². The minimum Gasteiger partial charge on any atom is -0.548 e. The fraction of sp³-hybridized carbons (Fsp3) is 0.211. The Balaban J connectivity index is 0.00000208. The van der Waals surface area contributed by atoms with Gasteiger partial charge in [-0.2, -0.15) is 0 Å². The molecular formula is C19H22N2O2S. The first-order valence-electron chi connectivity index (χ1n) is 7.50. The second kappa shape index (κ2) is 7.11. The Bertz CT molecular complexity index is 900. The summed E-state index contributed by atoms with van der Waals surface area (Å²) in [4.78, 5) is 13.4. The number of quaternary nitrogens is 1. The van der Waals surface area contributed by atoms with Gasteiger partial charge in [0, 0.05) is 26.4 Å². The molecule has 0 atom stereocenters. The van der Waals surface area contributed by atoms with Crippen molar-refractivity contribution < 1.29 is 9.90 Å². The van der Waals surface area contributed by atoms with Crippen molar-refractivity contribution in [1.82, 2.24) is 10.7 Å². The number of hydrogen-bond donors (Lipinski definition) is 1. The molecule has 0 radical (unpaired) electrons. The molecule has 0 unspecified atom stereocenters. The van der Waals surface area contributed by atoms with Crippen LogP contribution >= 0.6 is 11.8 Å². The highest BCUT2D eigenvalue weighted by Gasteiger charge is 2.16. The molecule has 0 saturated heterocycles. The van der Waals surface area contributed by atoms with E-state index in [2.05, 4.69) is 25.1 Å². The molecule has 1 aromatic heterocycles. The highest BCUT2D eigenvalue weighted by atomic mass is 32.2. The molecule has 0 fully saturated rings. The van der Waals surface area contributed by atoms with Crippen LogP contribution in [0.1, 0.15) is 16.8 Å². The highest BCUT2D eigenvalue weighted by molar-refractivity contribution is 7.99. The van der Waals surface area contributed by atoms with Crippen molar-refractivity contribution >= 4 is 28.6 Å². The number of nitrogens with zero attached hydrogens (tertiary/aromatic N) is 1. The molecule has 0 bridgehead atoms. The Morgan fingerprint density at radius 2 is 1.83 bits per heavy atom. The van der Waals surface area contributed by atoms with Crippen molar-refractivity contribution in [1.29, 1.82) is 0 Å². The van der Waals surface area contributed by atoms with E-state index in [0.29, 0.717) is 0 Å². The fourth-order valence-electron chi connectivity index (χ4n) is 2.81. The molecule has 24 heavy (non-hydrogen) atoms. The van der Waals surface area contributed by atoms with Crippen LogP contribution in [0.15, 0.2) is 52.3 Å². The first-order chi connectivity index (χ1) is 11.0. The third-order valence-electron chi connectivity index (χ3n) is 4.01. The Kier molecular flexibility index (Phi) is 5.36. The van der Waals surface area contributed by atoms with Crippen molar-refractivity contribution in [2.24, 2.45) is 0 Å². The van der Waals surface area contributed by atoms with Crippen molar-refractivity contribution in [3.63, 3.8) is 0 Å². The van der Waals surface area contributed by atoms with Gasteiger partial charge in [-0.1, -0.05) is 41.6 Å². The van der Waals surface area contributed by atoms with Crippen molar-refractivity contribution in [3.8, 4) is 0 Å². The lowest BCUT2D eigenvalue weighted by atomic mass is 10.2. The number of aromatic nitrogens is 1. The molecule has 126 valence electrons. The Labute approximate surface area is 146 Å². The number of carbonyl (C=O) groups is 1. The lowest BCUT2D eigenvalue weighted by Gasteiger charge is -2.09. The number of carboxylic acids is 1. The van der Waals surface area contributed by atoms with E-state index in [9.17, 15) is 9.90 Å². The van der Waals surface area contributed by atoms with Gasteiger partial charge < -0.3 is 20.6 Å². The standard InChI is InChI=1S/C19H19NO2S.H3N/c1-12-8-9-16-15(10-12)19(14(3)20(16)11-18(21)22)23-17-7-5-4-6-13(17)2;/h4-10H,11H2,1-3H3,(H,21,22);1H3. The van der Waals surface area contributed by atoms with Crippen molar-refractivity contribution in [2.75, 3.05) is 0 Å². The van der Waals surface area contributed by atoms with E-state index in [1.807, 2.05) is 42.7 Å². The maximum atomic E-state index is 11.1. The van der Waals surface area contributed by atoms with E-state index in [1.165, 1.54) is 10.5 Å². The van der Waals surface area contributed by atoms with E-state index in [0.717, 1.165) is 27.1 Å².